The highest BCUT2D eigenvalue weighted by atomic mass is 16.3. The minimum Gasteiger partial charge on any atom is -0.456 e. The highest BCUT2D eigenvalue weighted by molar-refractivity contribution is 6.03. The number of nitrogens with one attached hydrogen (secondary N) is 1. The summed E-state index contributed by atoms with van der Waals surface area (Å²) in [6.45, 7) is 10.8. The third-order valence-corrected chi connectivity index (χ3v) is 6.27. The van der Waals surface area contributed by atoms with Crippen LogP contribution >= 0.6 is 0 Å². The van der Waals surface area contributed by atoms with Crippen molar-refractivity contribution in [2.45, 2.75) is 47.0 Å². The Hall–Kier alpha value is -3.11. The van der Waals surface area contributed by atoms with Crippen molar-refractivity contribution in [3.05, 3.63) is 70.6 Å². The lowest BCUT2D eigenvalue weighted by Crippen LogP contribution is -2.09. The van der Waals surface area contributed by atoms with Crippen molar-refractivity contribution in [2.24, 2.45) is 10.7 Å². The first-order valence-electron chi connectivity index (χ1n) is 12.1. The molecule has 2 aliphatic rings. The summed E-state index contributed by atoms with van der Waals surface area (Å²) >= 11 is 0. The predicted molar refractivity (Wildman–Crippen MR) is 140 cm³/mol. The van der Waals surface area contributed by atoms with E-state index in [4.69, 9.17) is 10.2 Å². The monoisotopic (exact) mass is 441 g/mol. The highest BCUT2D eigenvalue weighted by Gasteiger charge is 2.20. The van der Waals surface area contributed by atoms with Crippen LogP contribution in [0, 0.1) is 13.8 Å². The van der Waals surface area contributed by atoms with E-state index in [1.54, 1.807) is 0 Å². The Morgan fingerprint density at radius 1 is 0.939 bits per heavy atom. The standard InChI is InChI=1S/C29H35N3O/c1-5-31-25-17-27-23(15-19(25)3)29(22-13-8-7-11-21(22)12-9-10-14-30)24-16-20(4)26(32-6-2)18-28(24)33-27/h7-8,11,13,15-18,31H,5-6,9-10,12,14,30H2,1-4H3. The SMILES string of the molecule is CCN=c1cc2oc3cc(NCC)c(C)cc3c(-c3ccccc3CCCCN)c-2cc1C. The fraction of sp³-hybridized carbons (Fsp3) is 0.345. The van der Waals surface area contributed by atoms with Gasteiger partial charge in [-0.2, -0.15) is 0 Å². The largest absolute Gasteiger partial charge is 0.456 e. The van der Waals surface area contributed by atoms with Crippen LogP contribution in [0.2, 0.25) is 0 Å². The molecule has 172 valence electrons. The molecule has 4 rings (SSSR count). The zero-order valence-electron chi connectivity index (χ0n) is 20.3. The Labute approximate surface area is 196 Å². The fourth-order valence-electron chi connectivity index (χ4n) is 4.64. The summed E-state index contributed by atoms with van der Waals surface area (Å²) in [4.78, 5) is 4.68. The van der Waals surface area contributed by atoms with Gasteiger partial charge in [-0.25, -0.2) is 0 Å². The van der Waals surface area contributed by atoms with Crippen LogP contribution in [0.3, 0.4) is 0 Å². The number of rotatable bonds is 8. The van der Waals surface area contributed by atoms with Crippen LogP contribution in [-0.4, -0.2) is 19.6 Å². The molecule has 0 spiro atoms. The number of hydrogen-bond acceptors (Lipinski definition) is 4. The molecule has 1 aliphatic carbocycles. The number of unbranched alkanes of at least 4 members (excludes halogenated alkanes) is 1. The molecule has 0 atom stereocenters. The van der Waals surface area contributed by atoms with E-state index in [1.165, 1.54) is 27.8 Å². The lowest BCUT2D eigenvalue weighted by atomic mass is 9.88. The van der Waals surface area contributed by atoms with Crippen molar-refractivity contribution in [2.75, 3.05) is 25.0 Å². The van der Waals surface area contributed by atoms with Gasteiger partial charge in [-0.1, -0.05) is 24.3 Å². The zero-order valence-corrected chi connectivity index (χ0v) is 20.3. The molecule has 3 N–H and O–H groups in total. The molecule has 2 aromatic rings. The van der Waals surface area contributed by atoms with Crippen LogP contribution in [0.5, 0.6) is 0 Å². The molecule has 0 amide bonds. The summed E-state index contributed by atoms with van der Waals surface area (Å²) < 4.78 is 6.51. The number of nitrogens with zero attached hydrogens (tertiary/aromatic N) is 1. The lowest BCUT2D eigenvalue weighted by molar-refractivity contribution is 0.618. The average molecular weight is 442 g/mol. The first-order valence-corrected chi connectivity index (χ1v) is 12.1. The van der Waals surface area contributed by atoms with E-state index in [9.17, 15) is 0 Å². The second-order valence-electron chi connectivity index (χ2n) is 8.68. The maximum absolute atomic E-state index is 6.51. The van der Waals surface area contributed by atoms with Crippen LogP contribution in [0.4, 0.5) is 5.69 Å². The van der Waals surface area contributed by atoms with Crippen molar-refractivity contribution in [3.63, 3.8) is 0 Å². The molecule has 0 bridgehead atoms. The van der Waals surface area contributed by atoms with E-state index < -0.39 is 0 Å². The number of anilines is 1. The number of hydrogen-bond donors (Lipinski definition) is 2. The normalized spacial score (nSPS) is 12.1. The minimum absolute atomic E-state index is 0.730. The van der Waals surface area contributed by atoms with Crippen LogP contribution in [0.15, 0.2) is 57.9 Å². The van der Waals surface area contributed by atoms with E-state index in [1.807, 2.05) is 0 Å². The van der Waals surface area contributed by atoms with Gasteiger partial charge < -0.3 is 15.5 Å². The summed E-state index contributed by atoms with van der Waals surface area (Å²) in [5.41, 5.74) is 15.2. The topological polar surface area (TPSA) is 63.5 Å². The number of nitrogens with two attached hydrogens (primary N) is 1. The molecule has 0 saturated carbocycles. The number of aryl methyl sites for hydroxylation is 3. The van der Waals surface area contributed by atoms with Crippen LogP contribution < -0.4 is 16.4 Å². The van der Waals surface area contributed by atoms with Gasteiger partial charge in [-0.05, 0) is 87.9 Å². The Bertz CT molecular complexity index is 1300. The third kappa shape index (κ3) is 4.67. The summed E-state index contributed by atoms with van der Waals surface area (Å²) in [5.74, 6) is 0.873. The first-order chi connectivity index (χ1) is 16.1. The van der Waals surface area contributed by atoms with Gasteiger partial charge in [0.15, 0.2) is 0 Å². The molecule has 4 heteroatoms. The van der Waals surface area contributed by atoms with Crippen molar-refractivity contribution in [3.8, 4) is 22.5 Å². The molecule has 1 heterocycles. The Morgan fingerprint density at radius 3 is 2.52 bits per heavy atom. The predicted octanol–water partition coefficient (Wildman–Crippen LogP) is 6.46. The number of fused-ring (bicyclic) bond motifs is 2. The molecule has 0 aromatic heterocycles. The van der Waals surface area contributed by atoms with Gasteiger partial charge in [0, 0.05) is 47.4 Å². The maximum Gasteiger partial charge on any atom is 0.137 e. The van der Waals surface area contributed by atoms with Gasteiger partial charge in [0.25, 0.3) is 0 Å². The van der Waals surface area contributed by atoms with E-state index in [2.05, 4.69) is 86.5 Å². The second kappa shape index (κ2) is 10.2. The fourth-order valence-corrected chi connectivity index (χ4v) is 4.64. The van der Waals surface area contributed by atoms with E-state index in [0.717, 1.165) is 72.2 Å². The highest BCUT2D eigenvalue weighted by Crippen LogP contribution is 2.43. The second-order valence-corrected chi connectivity index (χ2v) is 8.68. The Morgan fingerprint density at radius 2 is 1.76 bits per heavy atom. The smallest absolute Gasteiger partial charge is 0.137 e. The molecular weight excluding hydrogens is 406 g/mol. The summed E-state index contributed by atoms with van der Waals surface area (Å²) in [7, 11) is 0. The molecule has 4 nitrogen and oxygen atoms in total. The van der Waals surface area contributed by atoms with Gasteiger partial charge in [0.1, 0.15) is 11.3 Å². The quantitative estimate of drug-likeness (QED) is 0.244. The maximum atomic E-state index is 6.51. The summed E-state index contributed by atoms with van der Waals surface area (Å²) in [6.07, 6.45) is 3.13. The van der Waals surface area contributed by atoms with E-state index in [0.29, 0.717) is 0 Å². The van der Waals surface area contributed by atoms with Crippen molar-refractivity contribution in [1.82, 2.24) is 0 Å². The van der Waals surface area contributed by atoms with Crippen LogP contribution in [-0.2, 0) is 6.42 Å². The van der Waals surface area contributed by atoms with Gasteiger partial charge in [-0.15, -0.1) is 0 Å². The lowest BCUT2D eigenvalue weighted by Gasteiger charge is -2.20. The van der Waals surface area contributed by atoms with Crippen molar-refractivity contribution >= 4 is 16.7 Å². The van der Waals surface area contributed by atoms with Crippen LogP contribution in [0.25, 0.3) is 33.4 Å². The molecule has 33 heavy (non-hydrogen) atoms. The number of benzene rings is 3. The van der Waals surface area contributed by atoms with Gasteiger partial charge >= 0.3 is 0 Å². The molecule has 0 saturated heterocycles. The van der Waals surface area contributed by atoms with Gasteiger partial charge in [-0.3, -0.25) is 4.99 Å². The van der Waals surface area contributed by atoms with E-state index in [-0.39, 0.29) is 0 Å². The van der Waals surface area contributed by atoms with Gasteiger partial charge in [0.2, 0.25) is 0 Å². The van der Waals surface area contributed by atoms with Crippen molar-refractivity contribution in [1.29, 1.82) is 0 Å². The Kier molecular flexibility index (Phi) is 7.14. The third-order valence-electron chi connectivity index (χ3n) is 6.27. The van der Waals surface area contributed by atoms with Gasteiger partial charge in [0.05, 0.1) is 5.36 Å². The summed E-state index contributed by atoms with van der Waals surface area (Å²) in [6, 6.07) is 17.5. The van der Waals surface area contributed by atoms with E-state index >= 15 is 0 Å². The van der Waals surface area contributed by atoms with Crippen molar-refractivity contribution < 1.29 is 4.42 Å². The Balaban J connectivity index is 2.07. The zero-order chi connectivity index (χ0) is 23.4. The molecule has 0 fully saturated rings. The minimum atomic E-state index is 0.730. The molecule has 0 radical (unpaired) electrons. The molecule has 2 aromatic carbocycles. The first kappa shape index (κ1) is 23.1. The molecular formula is C29H35N3O. The molecule has 0 unspecified atom stereocenters. The average Bonchev–Trinajstić information content (AvgIpc) is 2.80. The van der Waals surface area contributed by atoms with Crippen LogP contribution in [0.1, 0.15) is 43.4 Å². The molecule has 1 aliphatic heterocycles. The summed E-state index contributed by atoms with van der Waals surface area (Å²) in [5, 5.41) is 5.61.